The van der Waals surface area contributed by atoms with Crippen LogP contribution >= 0.6 is 15.9 Å². The summed E-state index contributed by atoms with van der Waals surface area (Å²) in [7, 11) is 0. The highest BCUT2D eigenvalue weighted by atomic mass is 79.9. The van der Waals surface area contributed by atoms with Gasteiger partial charge in [0.05, 0.1) is 30.5 Å². The Kier molecular flexibility index (Phi) is 15.2. The van der Waals surface area contributed by atoms with E-state index in [1.165, 1.54) is 18.3 Å². The van der Waals surface area contributed by atoms with Crippen molar-refractivity contribution in [1.29, 1.82) is 0 Å². The predicted molar refractivity (Wildman–Crippen MR) is 178 cm³/mol. The van der Waals surface area contributed by atoms with Crippen molar-refractivity contribution in [2.24, 2.45) is 5.10 Å². The van der Waals surface area contributed by atoms with E-state index in [4.69, 9.17) is 18.9 Å². The van der Waals surface area contributed by atoms with Crippen LogP contribution in [-0.4, -0.2) is 78.8 Å². The number of rotatable bonds is 17. The standard InChI is InChI=1S/C33H37BrN4O10/c1-3-45-28-16-23(14-25(34)30(28)47-20-29(41)46-4-2)17-35-38-32(43)26(15-21-10-12-24(40)13-11-21)36-31(42)27(18-39)37-33(44)48-19-22-8-6-5-7-9-22/h5-14,16-17,26-27,39-40H,3-4,15,18-20H2,1-2H3,(H,36,42)(H,37,44)(H,38,43)/b35-17-/t26-,27-/m0/s1. The van der Waals surface area contributed by atoms with E-state index in [9.17, 15) is 29.4 Å². The van der Waals surface area contributed by atoms with Gasteiger partial charge in [0.15, 0.2) is 18.1 Å². The molecule has 0 radical (unpaired) electrons. The summed E-state index contributed by atoms with van der Waals surface area (Å²) in [6, 6.07) is 15.5. The summed E-state index contributed by atoms with van der Waals surface area (Å²) in [5, 5.41) is 28.3. The number of phenolic OH excluding ortho intramolecular Hbond substituents is 1. The van der Waals surface area contributed by atoms with E-state index in [0.29, 0.717) is 28.0 Å². The molecule has 15 heteroatoms. The van der Waals surface area contributed by atoms with Crippen LogP contribution in [0.5, 0.6) is 17.2 Å². The van der Waals surface area contributed by atoms with E-state index in [1.807, 2.05) is 6.07 Å². The van der Waals surface area contributed by atoms with Gasteiger partial charge in [-0.2, -0.15) is 5.10 Å². The largest absolute Gasteiger partial charge is 0.508 e. The molecular formula is C33H37BrN4O10. The van der Waals surface area contributed by atoms with Crippen LogP contribution in [-0.2, 0) is 36.9 Å². The van der Waals surface area contributed by atoms with Crippen LogP contribution in [0.1, 0.15) is 30.5 Å². The minimum absolute atomic E-state index is 0.0156. The maximum absolute atomic E-state index is 13.3. The molecule has 5 N–H and O–H groups in total. The highest BCUT2D eigenvalue weighted by molar-refractivity contribution is 9.10. The number of esters is 1. The molecule has 14 nitrogen and oxygen atoms in total. The Bertz CT molecular complexity index is 1550. The first kappa shape index (κ1) is 37.3. The van der Waals surface area contributed by atoms with E-state index in [1.54, 1.807) is 62.4 Å². The molecule has 0 aliphatic heterocycles. The molecule has 0 saturated carbocycles. The summed E-state index contributed by atoms with van der Waals surface area (Å²) in [6.07, 6.45) is 0.379. The number of nitrogens with zero attached hydrogens (tertiary/aromatic N) is 1. The molecule has 0 fully saturated rings. The van der Waals surface area contributed by atoms with E-state index < -0.39 is 42.6 Å². The van der Waals surface area contributed by atoms with Crippen LogP contribution in [0.3, 0.4) is 0 Å². The van der Waals surface area contributed by atoms with Crippen LogP contribution in [0.4, 0.5) is 4.79 Å². The zero-order valence-corrected chi connectivity index (χ0v) is 27.9. The van der Waals surface area contributed by atoms with Gasteiger partial charge in [-0.1, -0.05) is 42.5 Å². The van der Waals surface area contributed by atoms with Gasteiger partial charge >= 0.3 is 12.1 Å². The average Bonchev–Trinajstić information content (AvgIpc) is 3.07. The molecule has 0 aliphatic rings. The van der Waals surface area contributed by atoms with Crippen molar-refractivity contribution in [1.82, 2.24) is 16.1 Å². The molecular weight excluding hydrogens is 692 g/mol. The normalized spacial score (nSPS) is 12.0. The molecule has 0 aliphatic carbocycles. The lowest BCUT2D eigenvalue weighted by Crippen LogP contribution is -2.55. The van der Waals surface area contributed by atoms with Crippen molar-refractivity contribution in [2.45, 2.75) is 39.0 Å². The Morgan fingerprint density at radius 3 is 2.27 bits per heavy atom. The van der Waals surface area contributed by atoms with Gasteiger partial charge in [-0.15, -0.1) is 0 Å². The number of carbonyl (C=O) groups is 4. The molecule has 2 atom stereocenters. The lowest BCUT2D eigenvalue weighted by atomic mass is 10.0. The van der Waals surface area contributed by atoms with Crippen LogP contribution in [0.25, 0.3) is 0 Å². The summed E-state index contributed by atoms with van der Waals surface area (Å²) in [4.78, 5) is 50.4. The number of aromatic hydroxyl groups is 1. The molecule has 0 saturated heterocycles. The van der Waals surface area contributed by atoms with E-state index in [-0.39, 0.29) is 37.7 Å². The second-order valence-electron chi connectivity index (χ2n) is 9.96. The van der Waals surface area contributed by atoms with Crippen molar-refractivity contribution < 1.29 is 48.3 Å². The summed E-state index contributed by atoms with van der Waals surface area (Å²) in [5.41, 5.74) is 4.20. The summed E-state index contributed by atoms with van der Waals surface area (Å²) in [5.74, 6) is -1.50. The number of carbonyl (C=O) groups excluding carboxylic acids is 4. The number of alkyl carbamates (subject to hydrolysis) is 1. The number of hydrogen-bond donors (Lipinski definition) is 5. The molecule has 0 unspecified atom stereocenters. The fraction of sp³-hybridized carbons (Fsp3) is 0.303. The van der Waals surface area contributed by atoms with Crippen molar-refractivity contribution in [2.75, 3.05) is 26.4 Å². The number of benzene rings is 3. The molecule has 0 spiro atoms. The van der Waals surface area contributed by atoms with Crippen LogP contribution in [0.15, 0.2) is 76.3 Å². The van der Waals surface area contributed by atoms with Gasteiger partial charge in [0.1, 0.15) is 24.4 Å². The maximum Gasteiger partial charge on any atom is 0.408 e. The van der Waals surface area contributed by atoms with Crippen molar-refractivity contribution in [3.05, 3.63) is 87.9 Å². The molecule has 48 heavy (non-hydrogen) atoms. The first-order chi connectivity index (χ1) is 23.1. The number of nitrogens with one attached hydrogen (secondary N) is 3. The average molecular weight is 730 g/mol. The highest BCUT2D eigenvalue weighted by Gasteiger charge is 2.27. The highest BCUT2D eigenvalue weighted by Crippen LogP contribution is 2.36. The second-order valence-corrected chi connectivity index (χ2v) is 10.8. The van der Waals surface area contributed by atoms with Gasteiger partial charge in [-0.05, 0) is 70.7 Å². The Labute approximate surface area is 285 Å². The van der Waals surface area contributed by atoms with E-state index >= 15 is 0 Å². The fourth-order valence-corrected chi connectivity index (χ4v) is 4.67. The van der Waals surface area contributed by atoms with Crippen molar-refractivity contribution in [3.8, 4) is 17.2 Å². The maximum atomic E-state index is 13.3. The summed E-state index contributed by atoms with van der Waals surface area (Å²) in [6.45, 7) is 2.82. The number of aliphatic hydroxyl groups is 1. The molecule has 3 aromatic carbocycles. The van der Waals surface area contributed by atoms with Gasteiger partial charge in [-0.3, -0.25) is 9.59 Å². The SMILES string of the molecule is CCOC(=O)COc1c(Br)cc(/C=N\NC(=O)[C@H](Cc2ccc(O)cc2)NC(=O)[C@H](CO)NC(=O)OCc2ccccc2)cc1OCC. The van der Waals surface area contributed by atoms with Crippen molar-refractivity contribution in [3.63, 3.8) is 0 Å². The minimum Gasteiger partial charge on any atom is -0.508 e. The van der Waals surface area contributed by atoms with Gasteiger partial charge < -0.3 is 39.8 Å². The molecule has 3 aromatic rings. The van der Waals surface area contributed by atoms with Crippen molar-refractivity contribution >= 4 is 46.0 Å². The topological polar surface area (TPSA) is 194 Å². The third-order valence-corrected chi connectivity index (χ3v) is 6.96. The van der Waals surface area contributed by atoms with E-state index in [0.717, 1.165) is 5.56 Å². The molecule has 0 aromatic heterocycles. The summed E-state index contributed by atoms with van der Waals surface area (Å²) < 4.78 is 21.7. The lowest BCUT2D eigenvalue weighted by Gasteiger charge is -2.21. The fourth-order valence-electron chi connectivity index (χ4n) is 4.10. The first-order valence-corrected chi connectivity index (χ1v) is 15.7. The van der Waals surface area contributed by atoms with Gasteiger partial charge in [-0.25, -0.2) is 15.0 Å². The first-order valence-electron chi connectivity index (χ1n) is 14.9. The third kappa shape index (κ3) is 12.2. The number of amides is 3. The second kappa shape index (κ2) is 19.5. The number of hydrazone groups is 1. The Morgan fingerprint density at radius 2 is 1.60 bits per heavy atom. The molecule has 0 heterocycles. The number of ether oxygens (including phenoxy) is 4. The molecule has 3 rings (SSSR count). The zero-order valence-electron chi connectivity index (χ0n) is 26.3. The Hall–Kier alpha value is -5.15. The molecule has 0 bridgehead atoms. The number of halogens is 1. The zero-order chi connectivity index (χ0) is 34.9. The van der Waals surface area contributed by atoms with Gasteiger partial charge in [0, 0.05) is 6.42 Å². The van der Waals surface area contributed by atoms with E-state index in [2.05, 4.69) is 37.1 Å². The molecule has 256 valence electrons. The van der Waals surface area contributed by atoms with Crippen LogP contribution in [0, 0.1) is 0 Å². The lowest BCUT2D eigenvalue weighted by molar-refractivity contribution is -0.145. The quantitative estimate of drug-likeness (QED) is 0.0784. The van der Waals surface area contributed by atoms with Crippen LogP contribution in [0.2, 0.25) is 0 Å². The minimum atomic E-state index is -1.43. The van der Waals surface area contributed by atoms with Gasteiger partial charge in [0.25, 0.3) is 5.91 Å². The number of phenols is 1. The number of aliphatic hydroxyl groups excluding tert-OH is 1. The summed E-state index contributed by atoms with van der Waals surface area (Å²) >= 11 is 3.40. The number of hydrogen-bond acceptors (Lipinski definition) is 11. The third-order valence-electron chi connectivity index (χ3n) is 6.37. The molecule has 3 amide bonds. The smallest absolute Gasteiger partial charge is 0.408 e. The van der Waals surface area contributed by atoms with Crippen LogP contribution < -0.4 is 25.5 Å². The predicted octanol–water partition coefficient (Wildman–Crippen LogP) is 2.96. The Balaban J connectivity index is 1.70. The Morgan fingerprint density at radius 1 is 0.875 bits per heavy atom. The van der Waals surface area contributed by atoms with Gasteiger partial charge in [0.2, 0.25) is 5.91 Å². The monoisotopic (exact) mass is 728 g/mol.